The summed E-state index contributed by atoms with van der Waals surface area (Å²) in [6, 6.07) is 0.661. The Kier molecular flexibility index (Phi) is 3.59. The van der Waals surface area contributed by atoms with Crippen LogP contribution in [-0.2, 0) is 13.6 Å². The normalized spacial score (nSPS) is 30.6. The number of aromatic nitrogens is 3. The standard InChI is InChI=1S/C12H22N4/c1-9-4-10(2)6-11(5-9)13-7-12-8-14-15-16(12)3/h8-11,13H,4-7H2,1-3H3. The zero-order valence-electron chi connectivity index (χ0n) is 10.5. The Hall–Kier alpha value is -0.900. The fraction of sp³-hybridized carbons (Fsp3) is 0.833. The van der Waals surface area contributed by atoms with Gasteiger partial charge in [0.2, 0.25) is 0 Å². The second-order valence-electron chi connectivity index (χ2n) is 5.34. The van der Waals surface area contributed by atoms with E-state index < -0.39 is 0 Å². The minimum atomic E-state index is 0.661. The van der Waals surface area contributed by atoms with Gasteiger partial charge < -0.3 is 5.32 Å². The first-order valence-corrected chi connectivity index (χ1v) is 6.22. The number of nitrogens with zero attached hydrogens (tertiary/aromatic N) is 3. The van der Waals surface area contributed by atoms with Crippen LogP contribution in [0, 0.1) is 11.8 Å². The predicted octanol–water partition coefficient (Wildman–Crippen LogP) is 1.73. The topological polar surface area (TPSA) is 42.7 Å². The van der Waals surface area contributed by atoms with Crippen LogP contribution in [0.25, 0.3) is 0 Å². The van der Waals surface area contributed by atoms with Crippen LogP contribution in [0.15, 0.2) is 6.20 Å². The quantitative estimate of drug-likeness (QED) is 0.847. The molecule has 1 aromatic heterocycles. The van der Waals surface area contributed by atoms with E-state index in [0.29, 0.717) is 6.04 Å². The fourth-order valence-corrected chi connectivity index (χ4v) is 2.83. The van der Waals surface area contributed by atoms with Crippen molar-refractivity contribution in [3.8, 4) is 0 Å². The van der Waals surface area contributed by atoms with E-state index in [1.54, 1.807) is 0 Å². The largest absolute Gasteiger partial charge is 0.308 e. The Morgan fingerprint density at radius 2 is 2.00 bits per heavy atom. The summed E-state index contributed by atoms with van der Waals surface area (Å²) < 4.78 is 1.84. The molecule has 1 saturated carbocycles. The predicted molar refractivity (Wildman–Crippen MR) is 63.8 cm³/mol. The van der Waals surface area contributed by atoms with Gasteiger partial charge in [-0.05, 0) is 31.1 Å². The van der Waals surface area contributed by atoms with Crippen molar-refractivity contribution in [2.45, 2.75) is 45.7 Å². The molecule has 0 amide bonds. The number of rotatable bonds is 3. The first-order chi connectivity index (χ1) is 7.65. The van der Waals surface area contributed by atoms with E-state index in [0.717, 1.165) is 24.1 Å². The summed E-state index contributed by atoms with van der Waals surface area (Å²) >= 11 is 0. The summed E-state index contributed by atoms with van der Waals surface area (Å²) in [6.45, 7) is 5.60. The first-order valence-electron chi connectivity index (χ1n) is 6.22. The molecule has 1 aliphatic rings. The van der Waals surface area contributed by atoms with E-state index in [1.807, 2.05) is 17.9 Å². The van der Waals surface area contributed by atoms with E-state index in [-0.39, 0.29) is 0 Å². The zero-order valence-corrected chi connectivity index (χ0v) is 10.5. The van der Waals surface area contributed by atoms with Gasteiger partial charge in [-0.15, -0.1) is 5.10 Å². The molecular weight excluding hydrogens is 200 g/mol. The van der Waals surface area contributed by atoms with Crippen LogP contribution in [-0.4, -0.2) is 21.0 Å². The monoisotopic (exact) mass is 222 g/mol. The van der Waals surface area contributed by atoms with Gasteiger partial charge in [0.05, 0.1) is 11.9 Å². The molecule has 4 nitrogen and oxygen atoms in total. The van der Waals surface area contributed by atoms with Gasteiger partial charge in [0.25, 0.3) is 0 Å². The lowest BCUT2D eigenvalue weighted by atomic mass is 9.80. The molecule has 0 saturated heterocycles. The third-order valence-corrected chi connectivity index (χ3v) is 3.56. The van der Waals surface area contributed by atoms with Crippen molar-refractivity contribution in [1.29, 1.82) is 0 Å². The highest BCUT2D eigenvalue weighted by Gasteiger charge is 2.23. The maximum absolute atomic E-state index is 3.94. The molecule has 2 unspecified atom stereocenters. The molecule has 1 aliphatic carbocycles. The summed E-state index contributed by atoms with van der Waals surface area (Å²) in [5, 5.41) is 11.5. The Labute approximate surface area is 97.4 Å². The molecule has 16 heavy (non-hydrogen) atoms. The highest BCUT2D eigenvalue weighted by Crippen LogP contribution is 2.28. The summed E-state index contributed by atoms with van der Waals surface area (Å²) in [6.07, 6.45) is 5.82. The lowest BCUT2D eigenvalue weighted by Crippen LogP contribution is -2.36. The van der Waals surface area contributed by atoms with E-state index >= 15 is 0 Å². The van der Waals surface area contributed by atoms with Crippen molar-refractivity contribution >= 4 is 0 Å². The van der Waals surface area contributed by atoms with Crippen molar-refractivity contribution in [1.82, 2.24) is 20.3 Å². The van der Waals surface area contributed by atoms with Gasteiger partial charge in [0, 0.05) is 19.6 Å². The molecule has 2 rings (SSSR count). The Morgan fingerprint density at radius 3 is 2.56 bits per heavy atom. The first kappa shape index (κ1) is 11.6. The van der Waals surface area contributed by atoms with Crippen LogP contribution in [0.4, 0.5) is 0 Å². The van der Waals surface area contributed by atoms with Gasteiger partial charge in [-0.25, -0.2) is 0 Å². The van der Waals surface area contributed by atoms with Gasteiger partial charge in [-0.3, -0.25) is 4.68 Å². The van der Waals surface area contributed by atoms with Crippen molar-refractivity contribution in [3.63, 3.8) is 0 Å². The number of nitrogens with one attached hydrogen (secondary N) is 1. The Bertz CT molecular complexity index is 324. The van der Waals surface area contributed by atoms with Crippen LogP contribution in [0.5, 0.6) is 0 Å². The molecule has 1 heterocycles. The van der Waals surface area contributed by atoms with Crippen LogP contribution in [0.2, 0.25) is 0 Å². The van der Waals surface area contributed by atoms with Crippen LogP contribution in [0.1, 0.15) is 38.8 Å². The van der Waals surface area contributed by atoms with E-state index in [4.69, 9.17) is 0 Å². The van der Waals surface area contributed by atoms with Crippen LogP contribution >= 0.6 is 0 Å². The summed E-state index contributed by atoms with van der Waals surface area (Å²) in [4.78, 5) is 0. The van der Waals surface area contributed by atoms with Gasteiger partial charge >= 0.3 is 0 Å². The zero-order chi connectivity index (χ0) is 11.5. The van der Waals surface area contributed by atoms with Crippen molar-refractivity contribution in [2.24, 2.45) is 18.9 Å². The van der Waals surface area contributed by atoms with E-state index in [2.05, 4.69) is 29.5 Å². The third-order valence-electron chi connectivity index (χ3n) is 3.56. The van der Waals surface area contributed by atoms with E-state index in [1.165, 1.54) is 19.3 Å². The molecule has 0 aliphatic heterocycles. The molecule has 0 radical (unpaired) electrons. The summed E-state index contributed by atoms with van der Waals surface area (Å²) in [5.74, 6) is 1.71. The second kappa shape index (κ2) is 4.95. The van der Waals surface area contributed by atoms with Gasteiger partial charge in [-0.2, -0.15) is 0 Å². The molecule has 0 bridgehead atoms. The summed E-state index contributed by atoms with van der Waals surface area (Å²) in [7, 11) is 1.94. The van der Waals surface area contributed by atoms with Gasteiger partial charge in [-0.1, -0.05) is 19.1 Å². The maximum atomic E-state index is 3.94. The fourth-order valence-electron chi connectivity index (χ4n) is 2.83. The lowest BCUT2D eigenvalue weighted by Gasteiger charge is -2.32. The van der Waals surface area contributed by atoms with Crippen LogP contribution in [0.3, 0.4) is 0 Å². The summed E-state index contributed by atoms with van der Waals surface area (Å²) in [5.41, 5.74) is 1.16. The lowest BCUT2D eigenvalue weighted by molar-refractivity contribution is 0.237. The average Bonchev–Trinajstić information content (AvgIpc) is 2.59. The van der Waals surface area contributed by atoms with Crippen LogP contribution < -0.4 is 5.32 Å². The molecule has 1 N–H and O–H groups in total. The highest BCUT2D eigenvalue weighted by molar-refractivity contribution is 4.93. The Balaban J connectivity index is 1.84. The van der Waals surface area contributed by atoms with Crippen molar-refractivity contribution < 1.29 is 0 Å². The molecule has 1 fully saturated rings. The van der Waals surface area contributed by atoms with E-state index in [9.17, 15) is 0 Å². The van der Waals surface area contributed by atoms with Gasteiger partial charge in [0.15, 0.2) is 0 Å². The molecule has 0 spiro atoms. The minimum absolute atomic E-state index is 0.661. The Morgan fingerprint density at radius 1 is 1.31 bits per heavy atom. The minimum Gasteiger partial charge on any atom is -0.308 e. The van der Waals surface area contributed by atoms with Crippen molar-refractivity contribution in [3.05, 3.63) is 11.9 Å². The second-order valence-corrected chi connectivity index (χ2v) is 5.34. The molecular formula is C12H22N4. The van der Waals surface area contributed by atoms with Gasteiger partial charge in [0.1, 0.15) is 0 Å². The smallest absolute Gasteiger partial charge is 0.0738 e. The third kappa shape index (κ3) is 2.82. The molecule has 4 heteroatoms. The maximum Gasteiger partial charge on any atom is 0.0738 e. The molecule has 2 atom stereocenters. The highest BCUT2D eigenvalue weighted by atomic mass is 15.4. The molecule has 1 aromatic rings. The SMILES string of the molecule is CC1CC(C)CC(NCc2cnnn2C)C1. The number of aryl methyl sites for hydroxylation is 1. The average molecular weight is 222 g/mol. The van der Waals surface area contributed by atoms with Crippen molar-refractivity contribution in [2.75, 3.05) is 0 Å². The number of hydrogen-bond acceptors (Lipinski definition) is 3. The molecule has 90 valence electrons. The number of hydrogen-bond donors (Lipinski definition) is 1. The molecule has 0 aromatic carbocycles.